The van der Waals surface area contributed by atoms with Crippen LogP contribution in [0.2, 0.25) is 0 Å². The molecule has 0 fully saturated rings. The number of allylic oxidation sites excluding steroid dienone is 1. The number of pyridine rings is 2. The minimum absolute atomic E-state index is 0.237. The number of benzene rings is 1. The molecule has 22 heavy (non-hydrogen) atoms. The molecule has 0 bridgehead atoms. The van der Waals surface area contributed by atoms with E-state index in [-0.39, 0.29) is 5.75 Å². The molecule has 0 aliphatic carbocycles. The Morgan fingerprint density at radius 3 is 2.82 bits per heavy atom. The maximum Gasteiger partial charge on any atom is 0.123 e. The second-order valence-electron chi connectivity index (χ2n) is 4.69. The molecule has 2 aromatic heterocycles. The summed E-state index contributed by atoms with van der Waals surface area (Å²) >= 11 is 0. The van der Waals surface area contributed by atoms with E-state index in [1.165, 1.54) is 0 Å². The van der Waals surface area contributed by atoms with Gasteiger partial charge in [-0.25, -0.2) is 9.97 Å². The van der Waals surface area contributed by atoms with Crippen LogP contribution in [0.15, 0.2) is 54.7 Å². The standard InChI is InChI=1S/C18H13N3O/c19-18-10-5-13(12-20-18)3-1-2-4-15-7-6-14-11-16(22)8-9-17(14)21-15/h2,4-12,22H,(H2,19,20)/b4-2+. The lowest BCUT2D eigenvalue weighted by Gasteiger charge is -1.99. The van der Waals surface area contributed by atoms with E-state index < -0.39 is 0 Å². The van der Waals surface area contributed by atoms with Crippen molar-refractivity contribution in [1.29, 1.82) is 0 Å². The Kier molecular flexibility index (Phi) is 3.71. The average Bonchev–Trinajstić information content (AvgIpc) is 2.53. The fourth-order valence-electron chi connectivity index (χ4n) is 1.95. The van der Waals surface area contributed by atoms with Gasteiger partial charge in [0, 0.05) is 17.1 Å². The number of nitrogen functional groups attached to an aromatic ring is 1. The number of phenols is 1. The summed E-state index contributed by atoms with van der Waals surface area (Å²) < 4.78 is 0. The van der Waals surface area contributed by atoms with Crippen molar-refractivity contribution >= 4 is 22.8 Å². The maximum absolute atomic E-state index is 9.43. The predicted octanol–water partition coefficient (Wildman–Crippen LogP) is 2.98. The summed E-state index contributed by atoms with van der Waals surface area (Å²) in [7, 11) is 0. The zero-order chi connectivity index (χ0) is 15.4. The van der Waals surface area contributed by atoms with Gasteiger partial charge in [0.15, 0.2) is 0 Å². The molecule has 106 valence electrons. The molecule has 1 aromatic carbocycles. The van der Waals surface area contributed by atoms with Crippen LogP contribution in [-0.2, 0) is 0 Å². The van der Waals surface area contributed by atoms with Crippen molar-refractivity contribution in [3.63, 3.8) is 0 Å². The topological polar surface area (TPSA) is 72.0 Å². The molecular weight excluding hydrogens is 274 g/mol. The largest absolute Gasteiger partial charge is 0.508 e. The van der Waals surface area contributed by atoms with Crippen molar-refractivity contribution < 1.29 is 5.11 Å². The van der Waals surface area contributed by atoms with Crippen LogP contribution in [0.25, 0.3) is 17.0 Å². The SMILES string of the molecule is Nc1ccc(C#C/C=C/c2ccc3cc(O)ccc3n2)cn1. The smallest absolute Gasteiger partial charge is 0.123 e. The molecular formula is C18H13N3O. The monoisotopic (exact) mass is 287 g/mol. The second kappa shape index (κ2) is 5.98. The number of anilines is 1. The molecule has 0 saturated heterocycles. The van der Waals surface area contributed by atoms with E-state index in [4.69, 9.17) is 5.73 Å². The van der Waals surface area contributed by atoms with Crippen LogP contribution in [0.4, 0.5) is 5.82 Å². The predicted molar refractivity (Wildman–Crippen MR) is 88.0 cm³/mol. The van der Waals surface area contributed by atoms with Crippen LogP contribution >= 0.6 is 0 Å². The van der Waals surface area contributed by atoms with Crippen LogP contribution in [0.3, 0.4) is 0 Å². The first kappa shape index (κ1) is 13.7. The molecule has 3 aromatic rings. The molecule has 0 unspecified atom stereocenters. The highest BCUT2D eigenvalue weighted by atomic mass is 16.3. The fraction of sp³-hybridized carbons (Fsp3) is 0. The summed E-state index contributed by atoms with van der Waals surface area (Å²) in [6.45, 7) is 0. The second-order valence-corrected chi connectivity index (χ2v) is 4.69. The van der Waals surface area contributed by atoms with E-state index in [2.05, 4.69) is 21.8 Å². The third-order valence-electron chi connectivity index (χ3n) is 3.03. The minimum atomic E-state index is 0.237. The lowest BCUT2D eigenvalue weighted by molar-refractivity contribution is 0.476. The fourth-order valence-corrected chi connectivity index (χ4v) is 1.95. The van der Waals surface area contributed by atoms with Crippen molar-refractivity contribution in [3.8, 4) is 17.6 Å². The number of hydrogen-bond acceptors (Lipinski definition) is 4. The maximum atomic E-state index is 9.43. The number of hydrogen-bond donors (Lipinski definition) is 2. The van der Waals surface area contributed by atoms with Gasteiger partial charge in [-0.05, 0) is 48.6 Å². The van der Waals surface area contributed by atoms with Crippen LogP contribution in [-0.4, -0.2) is 15.1 Å². The summed E-state index contributed by atoms with van der Waals surface area (Å²) in [5.41, 5.74) is 7.96. The van der Waals surface area contributed by atoms with E-state index >= 15 is 0 Å². The van der Waals surface area contributed by atoms with Crippen molar-refractivity contribution in [1.82, 2.24) is 9.97 Å². The summed E-state index contributed by atoms with van der Waals surface area (Å²) in [6.07, 6.45) is 5.21. The lowest BCUT2D eigenvalue weighted by atomic mass is 10.2. The first-order chi connectivity index (χ1) is 10.7. The highest BCUT2D eigenvalue weighted by Crippen LogP contribution is 2.18. The molecule has 0 saturated carbocycles. The molecule has 0 aliphatic rings. The Morgan fingerprint density at radius 1 is 1.09 bits per heavy atom. The summed E-state index contributed by atoms with van der Waals surface area (Å²) in [5.74, 6) is 6.62. The third-order valence-corrected chi connectivity index (χ3v) is 3.03. The van der Waals surface area contributed by atoms with Gasteiger partial charge in [-0.3, -0.25) is 0 Å². The zero-order valence-corrected chi connectivity index (χ0v) is 11.7. The lowest BCUT2D eigenvalue weighted by Crippen LogP contribution is -1.88. The van der Waals surface area contributed by atoms with Gasteiger partial charge >= 0.3 is 0 Å². The Bertz CT molecular complexity index is 903. The number of rotatable bonds is 1. The number of phenolic OH excluding ortho intramolecular Hbond substituents is 1. The van der Waals surface area contributed by atoms with Crippen molar-refractivity contribution in [2.75, 3.05) is 5.73 Å². The number of aromatic hydroxyl groups is 1. The van der Waals surface area contributed by atoms with Gasteiger partial charge in [0.1, 0.15) is 11.6 Å². The molecule has 0 atom stereocenters. The minimum Gasteiger partial charge on any atom is -0.508 e. The average molecular weight is 287 g/mol. The van der Waals surface area contributed by atoms with Gasteiger partial charge in [0.25, 0.3) is 0 Å². The summed E-state index contributed by atoms with van der Waals surface area (Å²) in [4.78, 5) is 8.45. The molecule has 2 heterocycles. The number of nitrogens with two attached hydrogens (primary N) is 1. The first-order valence-electron chi connectivity index (χ1n) is 6.70. The van der Waals surface area contributed by atoms with Crippen molar-refractivity contribution in [2.45, 2.75) is 0 Å². The van der Waals surface area contributed by atoms with E-state index in [9.17, 15) is 5.11 Å². The molecule has 0 radical (unpaired) electrons. The number of nitrogens with zero attached hydrogens (tertiary/aromatic N) is 2. The summed E-state index contributed by atoms with van der Waals surface area (Å²) in [5, 5.41) is 10.3. The zero-order valence-electron chi connectivity index (χ0n) is 11.7. The van der Waals surface area contributed by atoms with Gasteiger partial charge < -0.3 is 10.8 Å². The highest BCUT2D eigenvalue weighted by Gasteiger charge is 1.97. The Labute approximate surface area is 128 Å². The Balaban J connectivity index is 1.78. The molecule has 0 spiro atoms. The van der Waals surface area contributed by atoms with Crippen molar-refractivity contribution in [2.24, 2.45) is 0 Å². The van der Waals surface area contributed by atoms with E-state index in [1.54, 1.807) is 36.5 Å². The van der Waals surface area contributed by atoms with E-state index in [0.29, 0.717) is 5.82 Å². The molecule has 4 nitrogen and oxygen atoms in total. The van der Waals surface area contributed by atoms with E-state index in [1.807, 2.05) is 24.3 Å². The van der Waals surface area contributed by atoms with Crippen LogP contribution in [0.5, 0.6) is 5.75 Å². The number of aromatic nitrogens is 2. The van der Waals surface area contributed by atoms with Gasteiger partial charge in [0.2, 0.25) is 0 Å². The van der Waals surface area contributed by atoms with Crippen molar-refractivity contribution in [3.05, 3.63) is 66.0 Å². The van der Waals surface area contributed by atoms with Gasteiger partial charge in [-0.1, -0.05) is 17.9 Å². The van der Waals surface area contributed by atoms with Crippen LogP contribution < -0.4 is 5.73 Å². The van der Waals surface area contributed by atoms with Gasteiger partial charge in [0.05, 0.1) is 11.2 Å². The van der Waals surface area contributed by atoms with Gasteiger partial charge in [-0.15, -0.1) is 0 Å². The Hall–Kier alpha value is -3.32. The molecule has 0 aliphatic heterocycles. The first-order valence-corrected chi connectivity index (χ1v) is 6.70. The van der Waals surface area contributed by atoms with E-state index in [0.717, 1.165) is 22.2 Å². The number of fused-ring (bicyclic) bond motifs is 1. The van der Waals surface area contributed by atoms with Crippen LogP contribution in [0.1, 0.15) is 11.3 Å². The highest BCUT2D eigenvalue weighted by molar-refractivity contribution is 5.81. The van der Waals surface area contributed by atoms with Crippen LogP contribution in [0, 0.1) is 11.8 Å². The molecule has 3 N–H and O–H groups in total. The molecule has 4 heteroatoms. The summed E-state index contributed by atoms with van der Waals surface area (Å²) in [6, 6.07) is 12.4. The molecule has 3 rings (SSSR count). The van der Waals surface area contributed by atoms with Gasteiger partial charge in [-0.2, -0.15) is 0 Å². The Morgan fingerprint density at radius 2 is 2.00 bits per heavy atom. The molecule has 0 amide bonds. The third kappa shape index (κ3) is 3.22. The quantitative estimate of drug-likeness (QED) is 0.675. The normalized spacial score (nSPS) is 10.5.